The Hall–Kier alpha value is -7.31. The number of aromatic nitrogens is 6. The zero-order chi connectivity index (χ0) is 62.0. The zero-order valence-electron chi connectivity index (χ0n) is 53.1. The molecule has 0 fully saturated rings. The molecule has 448 valence electrons. The normalized spacial score (nSPS) is 13.1. The molecule has 18 nitrogen and oxygen atoms in total. The number of fused-ring (bicyclic) bond motifs is 4. The molecule has 0 saturated heterocycles. The van der Waals surface area contributed by atoms with Crippen LogP contribution in [0.4, 0.5) is 9.59 Å². The molecule has 0 N–H and O–H groups in total. The minimum Gasteiger partial charge on any atom is -0.496 e. The fourth-order valence-electron chi connectivity index (χ4n) is 10.3. The lowest BCUT2D eigenvalue weighted by atomic mass is 9.97. The molecule has 8 aromatic rings. The summed E-state index contributed by atoms with van der Waals surface area (Å²) >= 11 is 0. The van der Waals surface area contributed by atoms with Crippen LogP contribution in [0.2, 0.25) is 51.4 Å². The molecule has 0 aliphatic carbocycles. The number of ether oxygens (including phenoxy) is 6. The summed E-state index contributed by atoms with van der Waals surface area (Å²) in [4.78, 5) is 40.8. The molecular weight excluding hydrogens is 1090 g/mol. The van der Waals surface area contributed by atoms with Gasteiger partial charge in [-0.3, -0.25) is 18.9 Å². The lowest BCUT2D eigenvalue weighted by Gasteiger charge is -2.28. The third-order valence-corrected chi connectivity index (χ3v) is 17.7. The van der Waals surface area contributed by atoms with Gasteiger partial charge in [-0.25, -0.2) is 19.6 Å². The van der Waals surface area contributed by atoms with Crippen LogP contribution in [-0.2, 0) is 32.4 Å². The average molecular weight is 1180 g/mol. The molecule has 2 atom stereocenters. The Kier molecular flexibility index (Phi) is 19.5. The number of methoxy groups -OCH3 is 2. The second-order valence-corrected chi connectivity index (χ2v) is 37.6. The van der Waals surface area contributed by atoms with Gasteiger partial charge >= 0.3 is 12.2 Å². The molecule has 0 bridgehead atoms. The van der Waals surface area contributed by atoms with Crippen LogP contribution in [0.25, 0.3) is 43.9 Å². The van der Waals surface area contributed by atoms with E-state index in [4.69, 9.17) is 38.4 Å². The summed E-state index contributed by atoms with van der Waals surface area (Å²) in [5.74, 6) is 2.89. The number of hydrogen-bond donors (Lipinski definition) is 0. The highest BCUT2D eigenvalue weighted by molar-refractivity contribution is 6.76. The molecule has 4 aromatic heterocycles. The van der Waals surface area contributed by atoms with Crippen molar-refractivity contribution < 1.29 is 38.0 Å². The van der Waals surface area contributed by atoms with E-state index >= 15 is 0 Å². The first kappa shape index (κ1) is 64.3. The standard InChI is InChI=1S/2C32H43N5O4Si/c1-21-17-26(39-7)27(23-13-14-36(28(21)23)31(38)41-32(2,3)4)29(35(5)6)30-34-24-18-22(19-33)11-12-25(24)37(30)20-40-15-16-42(8,9)10;1-21-17-26(39-7)27(23-13-14-36(28(21)23)31(38)41-32(2,3)4)29(35(5)6)30-34-24-12-11-22(19-33)18-25(24)37(30)20-40-15-16-42(8,9)10/h2*11-14,17-18,29H,15-16,20H2,1-10H3. The topological polar surface area (TPSA) is 189 Å². The zero-order valence-corrected chi connectivity index (χ0v) is 55.1. The minimum atomic E-state index is -1.28. The Morgan fingerprint density at radius 2 is 0.988 bits per heavy atom. The van der Waals surface area contributed by atoms with E-state index in [2.05, 4.69) is 70.4 Å². The first-order chi connectivity index (χ1) is 39.3. The lowest BCUT2D eigenvalue weighted by molar-refractivity contribution is 0.0533. The smallest absolute Gasteiger partial charge is 0.419 e. The first-order valence-electron chi connectivity index (χ1n) is 28.4. The van der Waals surface area contributed by atoms with Crippen molar-refractivity contribution in [2.45, 2.75) is 144 Å². The second kappa shape index (κ2) is 25.5. The Morgan fingerprint density at radius 1 is 0.583 bits per heavy atom. The second-order valence-electron chi connectivity index (χ2n) is 26.3. The van der Waals surface area contributed by atoms with Gasteiger partial charge in [0.1, 0.15) is 47.8 Å². The molecular formula is C64H86N10O8Si2. The van der Waals surface area contributed by atoms with Crippen LogP contribution >= 0.6 is 0 Å². The number of benzene rings is 4. The number of carbonyl (C=O) groups excluding carboxylic acids is 2. The highest BCUT2D eigenvalue weighted by atomic mass is 28.3. The van der Waals surface area contributed by atoms with E-state index < -0.39 is 39.5 Å². The van der Waals surface area contributed by atoms with Crippen LogP contribution in [0, 0.1) is 36.5 Å². The Balaban J connectivity index is 0.000000241. The number of hydrogen-bond acceptors (Lipinski definition) is 14. The molecule has 4 aromatic carbocycles. The molecule has 20 heteroatoms. The monoisotopic (exact) mass is 1180 g/mol. The molecule has 0 saturated carbocycles. The maximum absolute atomic E-state index is 13.2. The largest absolute Gasteiger partial charge is 0.496 e. The maximum Gasteiger partial charge on any atom is 0.419 e. The van der Waals surface area contributed by atoms with E-state index in [0.717, 1.165) is 89.9 Å². The van der Waals surface area contributed by atoms with Crippen molar-refractivity contribution in [3.05, 3.63) is 118 Å². The third kappa shape index (κ3) is 14.6. The predicted octanol–water partition coefficient (Wildman–Crippen LogP) is 13.9. The molecule has 4 heterocycles. The van der Waals surface area contributed by atoms with Crippen molar-refractivity contribution in [1.82, 2.24) is 38.0 Å². The van der Waals surface area contributed by atoms with Gasteiger partial charge in [-0.2, -0.15) is 10.5 Å². The molecule has 0 spiro atoms. The van der Waals surface area contributed by atoms with Gasteiger partial charge in [0, 0.05) is 63.7 Å². The van der Waals surface area contributed by atoms with Crippen LogP contribution in [-0.4, -0.2) is 133 Å². The van der Waals surface area contributed by atoms with E-state index in [-0.39, 0.29) is 12.1 Å². The fourth-order valence-corrected chi connectivity index (χ4v) is 11.8. The lowest BCUT2D eigenvalue weighted by Crippen LogP contribution is -2.27. The molecule has 0 amide bonds. The van der Waals surface area contributed by atoms with Crippen molar-refractivity contribution >= 4 is 72.2 Å². The van der Waals surface area contributed by atoms with E-state index in [1.54, 1.807) is 41.8 Å². The van der Waals surface area contributed by atoms with E-state index in [1.165, 1.54) is 0 Å². The van der Waals surface area contributed by atoms with Crippen LogP contribution < -0.4 is 9.47 Å². The molecule has 0 aliphatic rings. The maximum atomic E-state index is 13.2. The molecule has 0 aliphatic heterocycles. The highest BCUT2D eigenvalue weighted by Crippen LogP contribution is 2.44. The summed E-state index contributed by atoms with van der Waals surface area (Å²) in [7, 11) is 8.75. The van der Waals surface area contributed by atoms with Gasteiger partial charge in [0.05, 0.1) is 82.7 Å². The van der Waals surface area contributed by atoms with Crippen molar-refractivity contribution in [3.63, 3.8) is 0 Å². The Labute approximate surface area is 497 Å². The summed E-state index contributed by atoms with van der Waals surface area (Å²) in [5, 5.41) is 20.9. The van der Waals surface area contributed by atoms with Crippen molar-refractivity contribution in [3.8, 4) is 23.6 Å². The van der Waals surface area contributed by atoms with Gasteiger partial charge in [-0.05, 0) is 167 Å². The summed E-state index contributed by atoms with van der Waals surface area (Å²) in [6, 6.07) is 24.7. The van der Waals surface area contributed by atoms with Crippen molar-refractivity contribution in [2.75, 3.05) is 55.6 Å². The number of rotatable bonds is 18. The van der Waals surface area contributed by atoms with Gasteiger partial charge in [0.25, 0.3) is 0 Å². The molecule has 84 heavy (non-hydrogen) atoms. The third-order valence-electron chi connectivity index (χ3n) is 14.3. The van der Waals surface area contributed by atoms with Gasteiger partial charge in [0.15, 0.2) is 0 Å². The summed E-state index contributed by atoms with van der Waals surface area (Å²) in [5.41, 5.74) is 8.10. The summed E-state index contributed by atoms with van der Waals surface area (Å²) in [6.07, 6.45) is 2.63. The van der Waals surface area contributed by atoms with E-state index in [1.807, 2.05) is 138 Å². The molecule has 8 rings (SSSR count). The Bertz CT molecular complexity index is 3660. The van der Waals surface area contributed by atoms with Gasteiger partial charge < -0.3 is 37.6 Å². The SMILES string of the molecule is COc1cc(C)c2c(ccn2C(=O)OC(C)(C)C)c1C(c1nc2cc(C#N)ccc2n1COCC[Si](C)(C)C)N(C)C.COc1cc(C)c2c(ccn2C(=O)OC(C)(C)C)c1C(c1nc2ccc(C#N)cc2n1COCC[Si](C)(C)C)N(C)C. The van der Waals surface area contributed by atoms with Gasteiger partial charge in [0.2, 0.25) is 0 Å². The number of nitrogens with zero attached hydrogens (tertiary/aromatic N) is 10. The highest BCUT2D eigenvalue weighted by Gasteiger charge is 2.34. The number of imidazole rings is 2. The van der Waals surface area contributed by atoms with Crippen LogP contribution in [0.1, 0.15) is 98.7 Å². The van der Waals surface area contributed by atoms with Gasteiger partial charge in [-0.1, -0.05) is 39.3 Å². The number of aryl methyl sites for hydroxylation is 2. The molecule has 2 unspecified atom stereocenters. The van der Waals surface area contributed by atoms with Gasteiger partial charge in [-0.15, -0.1) is 0 Å². The summed E-state index contributed by atoms with van der Waals surface area (Å²) in [6.45, 7) is 31.0. The quantitative estimate of drug-likeness (QED) is 0.0582. The first-order valence-corrected chi connectivity index (χ1v) is 35.8. The average Bonchev–Trinajstić information content (AvgIpc) is 1.77. The predicted molar refractivity (Wildman–Crippen MR) is 338 cm³/mol. The van der Waals surface area contributed by atoms with Crippen molar-refractivity contribution in [2.24, 2.45) is 0 Å². The van der Waals surface area contributed by atoms with Crippen molar-refractivity contribution in [1.29, 1.82) is 10.5 Å². The fraction of sp³-hybridized carbons (Fsp3) is 0.469. The van der Waals surface area contributed by atoms with E-state index in [9.17, 15) is 20.1 Å². The number of carbonyl (C=O) groups is 2. The van der Waals surface area contributed by atoms with Crippen LogP contribution in [0.5, 0.6) is 11.5 Å². The van der Waals surface area contributed by atoms with Crippen LogP contribution in [0.3, 0.4) is 0 Å². The number of nitriles is 2. The Morgan fingerprint density at radius 3 is 1.38 bits per heavy atom. The van der Waals surface area contributed by atoms with E-state index in [0.29, 0.717) is 49.3 Å². The van der Waals surface area contributed by atoms with Crippen LogP contribution in [0.15, 0.2) is 73.1 Å². The molecule has 0 radical (unpaired) electrons. The summed E-state index contributed by atoms with van der Waals surface area (Å²) < 4.78 is 43.1. The minimum absolute atomic E-state index is 0.297.